The van der Waals surface area contributed by atoms with Gasteiger partial charge >= 0.3 is 0 Å². The Morgan fingerprint density at radius 2 is 2.04 bits per heavy atom. The summed E-state index contributed by atoms with van der Waals surface area (Å²) in [5.74, 6) is 1.59. The molecule has 2 atom stereocenters. The fourth-order valence-electron chi connectivity index (χ4n) is 4.59. The smallest absolute Gasteiger partial charge is 0.287 e. The van der Waals surface area contributed by atoms with Gasteiger partial charge in [0.15, 0.2) is 5.76 Å². The van der Waals surface area contributed by atoms with Gasteiger partial charge in [0.2, 0.25) is 0 Å². The zero-order chi connectivity index (χ0) is 17.7. The molecule has 3 saturated heterocycles. The Balaban J connectivity index is 1.35. The number of benzene rings is 1. The molecule has 3 aliphatic rings. The number of hydrogen-bond acceptors (Lipinski definition) is 3. The average molecular weight is 349 g/mol. The molecule has 1 aromatic carbocycles. The second-order valence-electron chi connectivity index (χ2n) is 7.56. The van der Waals surface area contributed by atoms with Crippen molar-refractivity contribution in [3.63, 3.8) is 0 Å². The Morgan fingerprint density at radius 1 is 1.19 bits per heavy atom. The van der Waals surface area contributed by atoms with Crippen LogP contribution in [0.25, 0.3) is 22.2 Å². The summed E-state index contributed by atoms with van der Waals surface area (Å²) in [5.41, 5.74) is 2.07. The predicted octanol–water partition coefficient (Wildman–Crippen LogP) is 3.64. The second kappa shape index (κ2) is 6.02. The van der Waals surface area contributed by atoms with Crippen LogP contribution in [0.1, 0.15) is 30.3 Å². The van der Waals surface area contributed by atoms with Gasteiger partial charge in [-0.15, -0.1) is 0 Å². The SMILES string of the molecule is C[C@@H]1[C@H](NC(=O)c2ccc(-c3ccc4[nH]ccc4c3)o2)C2CCN1CC2. The van der Waals surface area contributed by atoms with Gasteiger partial charge in [-0.05, 0) is 75.2 Å². The number of carbonyl (C=O) groups excluding carboxylic acids is 1. The van der Waals surface area contributed by atoms with Crippen molar-refractivity contribution in [1.82, 2.24) is 15.2 Å². The number of nitrogens with zero attached hydrogens (tertiary/aromatic N) is 1. The van der Waals surface area contributed by atoms with E-state index in [9.17, 15) is 4.79 Å². The summed E-state index contributed by atoms with van der Waals surface area (Å²) in [6, 6.07) is 12.4. The van der Waals surface area contributed by atoms with Crippen LogP contribution in [0, 0.1) is 5.92 Å². The van der Waals surface area contributed by atoms with E-state index in [-0.39, 0.29) is 11.9 Å². The van der Waals surface area contributed by atoms with Crippen molar-refractivity contribution in [2.45, 2.75) is 31.8 Å². The molecule has 0 saturated carbocycles. The highest BCUT2D eigenvalue weighted by atomic mass is 16.3. The molecule has 26 heavy (non-hydrogen) atoms. The van der Waals surface area contributed by atoms with E-state index >= 15 is 0 Å². The third kappa shape index (κ3) is 2.54. The fraction of sp³-hybridized carbons (Fsp3) is 0.381. The number of H-pyrrole nitrogens is 1. The number of amides is 1. The van der Waals surface area contributed by atoms with Gasteiger partial charge in [0.25, 0.3) is 5.91 Å². The summed E-state index contributed by atoms with van der Waals surface area (Å²) in [6.45, 7) is 4.53. The third-order valence-corrected chi connectivity index (χ3v) is 6.14. The van der Waals surface area contributed by atoms with E-state index in [0.717, 1.165) is 35.3 Å². The van der Waals surface area contributed by atoms with Crippen molar-refractivity contribution < 1.29 is 9.21 Å². The zero-order valence-corrected chi connectivity index (χ0v) is 14.9. The minimum Gasteiger partial charge on any atom is -0.451 e. The molecule has 2 bridgehead atoms. The number of aromatic nitrogens is 1. The molecule has 0 unspecified atom stereocenters. The second-order valence-corrected chi connectivity index (χ2v) is 7.56. The summed E-state index contributed by atoms with van der Waals surface area (Å²) in [6.07, 6.45) is 4.27. The summed E-state index contributed by atoms with van der Waals surface area (Å²) in [4.78, 5) is 18.4. The first-order valence-electron chi connectivity index (χ1n) is 9.41. The average Bonchev–Trinajstić information content (AvgIpc) is 3.33. The van der Waals surface area contributed by atoms with Crippen LogP contribution >= 0.6 is 0 Å². The summed E-state index contributed by atoms with van der Waals surface area (Å²) >= 11 is 0. The van der Waals surface area contributed by atoms with Crippen LogP contribution in [-0.2, 0) is 0 Å². The standard InChI is InChI=1S/C21H23N3O2/c1-13-20(14-7-10-24(13)11-8-14)23-21(25)19-5-4-18(26-19)16-2-3-17-15(12-16)6-9-22-17/h2-6,9,12-14,20,22H,7-8,10-11H2,1H3,(H,23,25)/t13-,20+/m1/s1. The Hall–Kier alpha value is -2.53. The van der Waals surface area contributed by atoms with Crippen LogP contribution < -0.4 is 5.32 Å². The summed E-state index contributed by atoms with van der Waals surface area (Å²) < 4.78 is 5.88. The topological polar surface area (TPSA) is 61.3 Å². The lowest BCUT2D eigenvalue weighted by Crippen LogP contribution is -2.62. The van der Waals surface area contributed by atoms with E-state index in [1.54, 1.807) is 6.07 Å². The molecule has 3 aliphatic heterocycles. The van der Waals surface area contributed by atoms with Gasteiger partial charge in [0.05, 0.1) is 0 Å². The van der Waals surface area contributed by atoms with Crippen molar-refractivity contribution in [3.8, 4) is 11.3 Å². The third-order valence-electron chi connectivity index (χ3n) is 6.14. The van der Waals surface area contributed by atoms with E-state index in [2.05, 4.69) is 28.2 Å². The Bertz CT molecular complexity index is 947. The molecule has 2 aromatic heterocycles. The Morgan fingerprint density at radius 3 is 2.85 bits per heavy atom. The first-order chi connectivity index (χ1) is 12.7. The molecule has 0 aliphatic carbocycles. The van der Waals surface area contributed by atoms with E-state index in [4.69, 9.17) is 4.42 Å². The maximum Gasteiger partial charge on any atom is 0.287 e. The van der Waals surface area contributed by atoms with Crippen LogP contribution in [0.5, 0.6) is 0 Å². The van der Waals surface area contributed by atoms with Crippen LogP contribution in [-0.4, -0.2) is 41.0 Å². The summed E-state index contributed by atoms with van der Waals surface area (Å²) in [7, 11) is 0. The highest BCUT2D eigenvalue weighted by Crippen LogP contribution is 2.32. The molecule has 6 rings (SSSR count). The van der Waals surface area contributed by atoms with Crippen molar-refractivity contribution >= 4 is 16.8 Å². The van der Waals surface area contributed by atoms with Gasteiger partial charge in [0.1, 0.15) is 5.76 Å². The van der Waals surface area contributed by atoms with Crippen LogP contribution in [0.4, 0.5) is 0 Å². The number of furan rings is 1. The molecule has 3 fully saturated rings. The monoisotopic (exact) mass is 349 g/mol. The molecule has 0 radical (unpaired) electrons. The molecular formula is C21H23N3O2. The maximum absolute atomic E-state index is 12.7. The lowest BCUT2D eigenvalue weighted by atomic mass is 9.79. The minimum absolute atomic E-state index is 0.107. The molecule has 0 spiro atoms. The number of nitrogens with one attached hydrogen (secondary N) is 2. The largest absolute Gasteiger partial charge is 0.451 e. The number of carbonyl (C=O) groups is 1. The molecular weight excluding hydrogens is 326 g/mol. The maximum atomic E-state index is 12.7. The van der Waals surface area contributed by atoms with Gasteiger partial charge in [-0.1, -0.05) is 0 Å². The van der Waals surface area contributed by atoms with Gasteiger partial charge in [0, 0.05) is 34.7 Å². The number of fused-ring (bicyclic) bond motifs is 4. The van der Waals surface area contributed by atoms with Gasteiger partial charge in [-0.3, -0.25) is 9.69 Å². The lowest BCUT2D eigenvalue weighted by Gasteiger charge is -2.49. The van der Waals surface area contributed by atoms with Crippen molar-refractivity contribution in [3.05, 3.63) is 48.4 Å². The zero-order valence-electron chi connectivity index (χ0n) is 14.9. The van der Waals surface area contributed by atoms with Crippen LogP contribution in [0.3, 0.4) is 0 Å². The lowest BCUT2D eigenvalue weighted by molar-refractivity contribution is 0.0211. The quantitative estimate of drug-likeness (QED) is 0.759. The van der Waals surface area contributed by atoms with E-state index < -0.39 is 0 Å². The normalized spacial score (nSPS) is 27.7. The predicted molar refractivity (Wildman–Crippen MR) is 101 cm³/mol. The first-order valence-corrected chi connectivity index (χ1v) is 9.41. The van der Waals surface area contributed by atoms with Crippen molar-refractivity contribution in [2.75, 3.05) is 13.1 Å². The van der Waals surface area contributed by atoms with E-state index in [1.165, 1.54) is 12.8 Å². The minimum atomic E-state index is -0.107. The van der Waals surface area contributed by atoms with Crippen molar-refractivity contribution in [1.29, 1.82) is 0 Å². The highest BCUT2D eigenvalue weighted by Gasteiger charge is 2.40. The van der Waals surface area contributed by atoms with Gasteiger partial charge < -0.3 is 14.7 Å². The molecule has 5 heterocycles. The fourth-order valence-corrected chi connectivity index (χ4v) is 4.59. The van der Waals surface area contributed by atoms with E-state index in [1.807, 2.05) is 30.5 Å². The molecule has 3 aromatic rings. The first kappa shape index (κ1) is 15.7. The Labute approximate surface area is 152 Å². The molecule has 1 amide bonds. The number of rotatable bonds is 3. The number of piperidine rings is 3. The van der Waals surface area contributed by atoms with E-state index in [0.29, 0.717) is 17.7 Å². The molecule has 134 valence electrons. The number of aromatic amines is 1. The van der Waals surface area contributed by atoms with Crippen LogP contribution in [0.2, 0.25) is 0 Å². The van der Waals surface area contributed by atoms with Crippen molar-refractivity contribution in [2.24, 2.45) is 5.92 Å². The highest BCUT2D eigenvalue weighted by molar-refractivity contribution is 5.92. The Kier molecular flexibility index (Phi) is 3.64. The molecule has 5 heteroatoms. The molecule has 5 nitrogen and oxygen atoms in total. The van der Waals surface area contributed by atoms with Gasteiger partial charge in [-0.2, -0.15) is 0 Å². The number of hydrogen-bond donors (Lipinski definition) is 2. The summed E-state index contributed by atoms with van der Waals surface area (Å²) in [5, 5.41) is 4.36. The molecule has 2 N–H and O–H groups in total. The van der Waals surface area contributed by atoms with Gasteiger partial charge in [-0.25, -0.2) is 0 Å². The van der Waals surface area contributed by atoms with Crippen LogP contribution in [0.15, 0.2) is 47.0 Å².